The third kappa shape index (κ3) is 6.11. The molecule has 0 bridgehead atoms. The van der Waals surface area contributed by atoms with E-state index in [2.05, 4.69) is 0 Å². The van der Waals surface area contributed by atoms with E-state index < -0.39 is 12.2 Å². The van der Waals surface area contributed by atoms with Crippen molar-refractivity contribution in [2.75, 3.05) is 26.2 Å². The molecule has 2 amide bonds. The van der Waals surface area contributed by atoms with Gasteiger partial charge in [-0.3, -0.25) is 4.79 Å². The second-order valence-corrected chi connectivity index (χ2v) is 9.50. The van der Waals surface area contributed by atoms with E-state index in [0.29, 0.717) is 50.2 Å². The third-order valence-corrected chi connectivity index (χ3v) is 6.49. The highest BCUT2D eigenvalue weighted by molar-refractivity contribution is 5.86. The summed E-state index contributed by atoms with van der Waals surface area (Å²) >= 11 is 0. The maximum atomic E-state index is 13.7. The van der Waals surface area contributed by atoms with E-state index in [9.17, 15) is 14.0 Å². The lowest BCUT2D eigenvalue weighted by Gasteiger charge is -2.32. The van der Waals surface area contributed by atoms with Crippen LogP contribution in [0.15, 0.2) is 48.5 Å². The molecule has 0 saturated carbocycles. The second-order valence-electron chi connectivity index (χ2n) is 9.50. The zero-order valence-electron chi connectivity index (χ0n) is 20.4. The normalized spacial score (nSPS) is 19.6. The summed E-state index contributed by atoms with van der Waals surface area (Å²) in [7, 11) is 0. The molecule has 2 aromatic rings. The van der Waals surface area contributed by atoms with Crippen molar-refractivity contribution in [1.82, 2.24) is 9.80 Å². The highest BCUT2D eigenvalue weighted by Gasteiger charge is 2.31. The summed E-state index contributed by atoms with van der Waals surface area (Å²) in [6, 6.07) is 14.4. The van der Waals surface area contributed by atoms with E-state index in [-0.39, 0.29) is 30.8 Å². The summed E-state index contributed by atoms with van der Waals surface area (Å²) in [5.41, 5.74) is 8.91. The van der Waals surface area contributed by atoms with Crippen molar-refractivity contribution in [1.29, 1.82) is 0 Å². The number of alkyl halides is 1. The largest absolute Gasteiger partial charge is 0.490 e. The number of hydrogen-bond donors (Lipinski definition) is 1. The Morgan fingerprint density at radius 1 is 1.00 bits per heavy atom. The zero-order chi connectivity index (χ0) is 24.9. The predicted molar refractivity (Wildman–Crippen MR) is 132 cm³/mol. The minimum atomic E-state index is -1.00. The highest BCUT2D eigenvalue weighted by atomic mass is 19.1. The van der Waals surface area contributed by atoms with Crippen LogP contribution in [-0.2, 0) is 9.53 Å². The number of amides is 2. The van der Waals surface area contributed by atoms with Gasteiger partial charge >= 0.3 is 6.09 Å². The molecule has 0 radical (unpaired) electrons. The molecule has 2 aliphatic rings. The SMILES string of the molecule is CC(C)OC(=O)N1CCC(Oc2ccc(-c3ccccc3)c([C@H](N)C(=O)N3CC[C@H](F)C3)c2)CC1. The average molecular weight is 484 g/mol. The summed E-state index contributed by atoms with van der Waals surface area (Å²) < 4.78 is 25.3. The molecule has 0 spiro atoms. The fourth-order valence-electron chi connectivity index (χ4n) is 4.62. The number of carbonyl (C=O) groups excluding carboxylic acids is 2. The second kappa shape index (κ2) is 11.1. The number of nitrogens with zero attached hydrogens (tertiary/aromatic N) is 2. The van der Waals surface area contributed by atoms with Crippen molar-refractivity contribution >= 4 is 12.0 Å². The fourth-order valence-corrected chi connectivity index (χ4v) is 4.62. The summed E-state index contributed by atoms with van der Waals surface area (Å²) in [5, 5.41) is 0. The molecule has 2 fully saturated rings. The molecular weight excluding hydrogens is 449 g/mol. The zero-order valence-corrected chi connectivity index (χ0v) is 20.4. The number of carbonyl (C=O) groups is 2. The van der Waals surface area contributed by atoms with Gasteiger partial charge in [0, 0.05) is 32.5 Å². The summed E-state index contributed by atoms with van der Waals surface area (Å²) in [6.45, 7) is 5.24. The molecule has 2 aromatic carbocycles. The predicted octanol–water partition coefficient (Wildman–Crippen LogP) is 4.31. The van der Waals surface area contributed by atoms with E-state index in [4.69, 9.17) is 15.2 Å². The minimum absolute atomic E-state index is 0.0636. The van der Waals surface area contributed by atoms with Gasteiger partial charge in [-0.1, -0.05) is 36.4 Å². The Bertz CT molecular complexity index is 1020. The Morgan fingerprint density at radius 3 is 2.31 bits per heavy atom. The minimum Gasteiger partial charge on any atom is -0.490 e. The first-order valence-corrected chi connectivity index (χ1v) is 12.3. The van der Waals surface area contributed by atoms with Gasteiger partial charge in [0.1, 0.15) is 24.1 Å². The molecule has 2 atom stereocenters. The van der Waals surface area contributed by atoms with E-state index in [1.54, 1.807) is 4.90 Å². The lowest BCUT2D eigenvalue weighted by atomic mass is 9.94. The maximum absolute atomic E-state index is 13.7. The molecule has 2 saturated heterocycles. The van der Waals surface area contributed by atoms with Gasteiger partial charge in [-0.25, -0.2) is 9.18 Å². The van der Waals surface area contributed by atoms with Gasteiger partial charge in [0.15, 0.2) is 0 Å². The Morgan fingerprint density at radius 2 is 1.69 bits per heavy atom. The number of piperidine rings is 1. The van der Waals surface area contributed by atoms with Crippen molar-refractivity contribution in [3.05, 3.63) is 54.1 Å². The summed E-state index contributed by atoms with van der Waals surface area (Å²) in [5.74, 6) is 0.340. The number of rotatable bonds is 6. The van der Waals surface area contributed by atoms with Crippen molar-refractivity contribution < 1.29 is 23.5 Å². The molecule has 0 aromatic heterocycles. The monoisotopic (exact) mass is 483 g/mol. The van der Waals surface area contributed by atoms with Gasteiger partial charge in [0.25, 0.3) is 0 Å². The highest BCUT2D eigenvalue weighted by Crippen LogP contribution is 2.33. The molecule has 4 rings (SSSR count). The number of benzene rings is 2. The van der Waals surface area contributed by atoms with Crippen LogP contribution in [0.2, 0.25) is 0 Å². The first kappa shape index (κ1) is 25.0. The van der Waals surface area contributed by atoms with Crippen LogP contribution in [0.1, 0.15) is 44.7 Å². The Balaban J connectivity index is 1.50. The van der Waals surface area contributed by atoms with E-state index in [0.717, 1.165) is 11.1 Å². The van der Waals surface area contributed by atoms with Crippen LogP contribution in [0.3, 0.4) is 0 Å². The Hall–Kier alpha value is -3.13. The number of hydrogen-bond acceptors (Lipinski definition) is 5. The molecule has 2 aliphatic heterocycles. The van der Waals surface area contributed by atoms with Crippen molar-refractivity contribution in [3.63, 3.8) is 0 Å². The fraction of sp³-hybridized carbons (Fsp3) is 0.481. The smallest absolute Gasteiger partial charge is 0.410 e. The number of nitrogens with two attached hydrogens (primary N) is 1. The number of likely N-dealkylation sites (tertiary alicyclic amines) is 2. The van der Waals surface area contributed by atoms with E-state index in [1.807, 2.05) is 62.4 Å². The third-order valence-electron chi connectivity index (χ3n) is 6.49. The van der Waals surface area contributed by atoms with E-state index in [1.165, 1.54) is 4.90 Å². The van der Waals surface area contributed by atoms with Crippen LogP contribution in [0.5, 0.6) is 5.75 Å². The van der Waals surface area contributed by atoms with Gasteiger partial charge in [-0.15, -0.1) is 0 Å². The van der Waals surface area contributed by atoms with Crippen LogP contribution in [0.25, 0.3) is 11.1 Å². The molecule has 188 valence electrons. The van der Waals surface area contributed by atoms with Gasteiger partial charge in [0.05, 0.1) is 12.6 Å². The van der Waals surface area contributed by atoms with Crippen LogP contribution in [-0.4, -0.2) is 66.4 Å². The van der Waals surface area contributed by atoms with Crippen LogP contribution in [0.4, 0.5) is 9.18 Å². The quantitative estimate of drug-likeness (QED) is 0.662. The molecule has 0 unspecified atom stereocenters. The Kier molecular flexibility index (Phi) is 7.90. The number of halogens is 1. The van der Waals surface area contributed by atoms with Crippen LogP contribution >= 0.6 is 0 Å². The molecule has 2 N–H and O–H groups in total. The standard InChI is InChI=1S/C27H34FN3O4/c1-18(2)34-27(33)30-14-11-21(12-15-30)35-22-8-9-23(19-6-4-3-5-7-19)24(16-22)25(29)26(32)31-13-10-20(28)17-31/h3-9,16,18,20-21,25H,10-15,17,29H2,1-2H3/t20-,25-/m0/s1. The molecule has 35 heavy (non-hydrogen) atoms. The topological polar surface area (TPSA) is 85.1 Å². The molecule has 8 heteroatoms. The van der Waals surface area contributed by atoms with Crippen LogP contribution < -0.4 is 10.5 Å². The molecular formula is C27H34FN3O4. The lowest BCUT2D eigenvalue weighted by Crippen LogP contribution is -2.42. The van der Waals surface area contributed by atoms with Gasteiger partial charge in [-0.05, 0) is 49.1 Å². The first-order valence-electron chi connectivity index (χ1n) is 12.3. The van der Waals surface area contributed by atoms with Gasteiger partial charge in [-0.2, -0.15) is 0 Å². The van der Waals surface area contributed by atoms with Crippen molar-refractivity contribution in [2.45, 2.75) is 57.5 Å². The molecule has 2 heterocycles. The lowest BCUT2D eigenvalue weighted by molar-refractivity contribution is -0.131. The first-order chi connectivity index (χ1) is 16.8. The Labute approximate surface area is 206 Å². The average Bonchev–Trinajstić information content (AvgIpc) is 3.30. The van der Waals surface area contributed by atoms with Crippen molar-refractivity contribution in [2.24, 2.45) is 5.73 Å². The van der Waals surface area contributed by atoms with E-state index >= 15 is 0 Å². The van der Waals surface area contributed by atoms with Crippen LogP contribution in [0, 0.1) is 0 Å². The maximum Gasteiger partial charge on any atom is 0.410 e. The number of ether oxygens (including phenoxy) is 2. The van der Waals surface area contributed by atoms with Gasteiger partial charge in [0.2, 0.25) is 5.91 Å². The summed E-state index contributed by atoms with van der Waals surface area (Å²) in [4.78, 5) is 28.4. The van der Waals surface area contributed by atoms with Gasteiger partial charge < -0.3 is 25.0 Å². The molecule has 7 nitrogen and oxygen atoms in total. The summed E-state index contributed by atoms with van der Waals surface area (Å²) in [6.07, 6.45) is 0.191. The molecule has 0 aliphatic carbocycles. The van der Waals surface area contributed by atoms with Crippen molar-refractivity contribution in [3.8, 4) is 16.9 Å².